The zero-order chi connectivity index (χ0) is 18.5. The van der Waals surface area contributed by atoms with E-state index in [1.807, 2.05) is 49.9 Å². The average Bonchev–Trinajstić information content (AvgIpc) is 3.10. The van der Waals surface area contributed by atoms with Gasteiger partial charge in [-0.25, -0.2) is 4.79 Å². The zero-order valence-electron chi connectivity index (χ0n) is 15.6. The highest BCUT2D eigenvalue weighted by Gasteiger charge is 2.27. The fourth-order valence-corrected chi connectivity index (χ4v) is 2.95. The number of hydrogen-bond acceptors (Lipinski definition) is 5. The minimum absolute atomic E-state index is 0.00116. The van der Waals surface area contributed by atoms with Crippen LogP contribution in [-0.2, 0) is 6.61 Å². The van der Waals surface area contributed by atoms with Gasteiger partial charge in [-0.2, -0.15) is 4.98 Å². The molecule has 1 saturated heterocycles. The number of ether oxygens (including phenoxy) is 1. The molecule has 0 bridgehead atoms. The number of likely N-dealkylation sites (tertiary alicyclic amines) is 1. The van der Waals surface area contributed by atoms with Gasteiger partial charge in [0.2, 0.25) is 0 Å². The third-order valence-corrected chi connectivity index (χ3v) is 4.43. The van der Waals surface area contributed by atoms with Gasteiger partial charge in [0.05, 0.1) is 0 Å². The van der Waals surface area contributed by atoms with Gasteiger partial charge in [-0.1, -0.05) is 22.9 Å². The van der Waals surface area contributed by atoms with Gasteiger partial charge in [0.15, 0.2) is 12.4 Å². The maximum atomic E-state index is 12.0. The summed E-state index contributed by atoms with van der Waals surface area (Å²) in [4.78, 5) is 18.4. The Morgan fingerprint density at radius 1 is 1.31 bits per heavy atom. The van der Waals surface area contributed by atoms with Crippen LogP contribution in [0.1, 0.15) is 49.9 Å². The van der Waals surface area contributed by atoms with Crippen LogP contribution in [0.5, 0.6) is 5.75 Å². The van der Waals surface area contributed by atoms with Gasteiger partial charge in [-0.3, -0.25) is 0 Å². The maximum Gasteiger partial charge on any atom is 0.317 e. The van der Waals surface area contributed by atoms with E-state index in [1.54, 1.807) is 0 Å². The first-order valence-electron chi connectivity index (χ1n) is 9.08. The SMILES string of the molecule is Cc1ccc(OCc2nc(C3CCN(C(=O)NC(C)C)CC3)no2)cc1. The summed E-state index contributed by atoms with van der Waals surface area (Å²) in [5.41, 5.74) is 1.19. The molecule has 2 aromatic rings. The van der Waals surface area contributed by atoms with E-state index >= 15 is 0 Å². The molecule has 2 amide bonds. The third-order valence-electron chi connectivity index (χ3n) is 4.43. The molecule has 0 saturated carbocycles. The molecule has 7 nitrogen and oxygen atoms in total. The predicted octanol–water partition coefficient (Wildman–Crippen LogP) is 3.25. The van der Waals surface area contributed by atoms with Crippen molar-refractivity contribution in [3.05, 3.63) is 41.5 Å². The Morgan fingerprint density at radius 3 is 2.65 bits per heavy atom. The Kier molecular flexibility index (Phi) is 5.75. The van der Waals surface area contributed by atoms with Crippen LogP contribution in [0.4, 0.5) is 4.79 Å². The van der Waals surface area contributed by atoms with E-state index in [-0.39, 0.29) is 24.6 Å². The molecule has 0 aliphatic carbocycles. The number of piperidine rings is 1. The lowest BCUT2D eigenvalue weighted by molar-refractivity contribution is 0.177. The Labute approximate surface area is 153 Å². The molecule has 1 aromatic heterocycles. The number of rotatable bonds is 5. The highest BCUT2D eigenvalue weighted by atomic mass is 16.5. The minimum atomic E-state index is -0.00116. The second-order valence-electron chi connectivity index (χ2n) is 7.01. The standard InChI is InChI=1S/C19H26N4O3/c1-13(2)20-19(24)23-10-8-15(9-11-23)18-21-17(26-22-18)12-25-16-6-4-14(3)5-7-16/h4-7,13,15H,8-12H2,1-3H3,(H,20,24). The van der Waals surface area contributed by atoms with Crippen molar-refractivity contribution in [2.45, 2.75) is 52.2 Å². The normalized spacial score (nSPS) is 15.3. The van der Waals surface area contributed by atoms with Crippen LogP contribution in [0, 0.1) is 6.92 Å². The smallest absolute Gasteiger partial charge is 0.317 e. The molecule has 1 fully saturated rings. The molecular formula is C19H26N4O3. The first kappa shape index (κ1) is 18.2. The summed E-state index contributed by atoms with van der Waals surface area (Å²) in [5, 5.41) is 7.03. The summed E-state index contributed by atoms with van der Waals surface area (Å²) in [6.45, 7) is 7.62. The third kappa shape index (κ3) is 4.74. The van der Waals surface area contributed by atoms with Crippen LogP contribution in [0.25, 0.3) is 0 Å². The fraction of sp³-hybridized carbons (Fsp3) is 0.526. The molecule has 3 rings (SSSR count). The quantitative estimate of drug-likeness (QED) is 0.887. The van der Waals surface area contributed by atoms with E-state index in [4.69, 9.17) is 9.26 Å². The van der Waals surface area contributed by atoms with Crippen LogP contribution in [-0.4, -0.2) is 40.2 Å². The maximum absolute atomic E-state index is 12.0. The number of benzene rings is 1. The van der Waals surface area contributed by atoms with Crippen molar-refractivity contribution in [1.82, 2.24) is 20.4 Å². The second kappa shape index (κ2) is 8.21. The lowest BCUT2D eigenvalue weighted by atomic mass is 9.96. The second-order valence-corrected chi connectivity index (χ2v) is 7.01. The van der Waals surface area contributed by atoms with E-state index in [1.165, 1.54) is 5.56 Å². The summed E-state index contributed by atoms with van der Waals surface area (Å²) in [5.74, 6) is 2.17. The number of aromatic nitrogens is 2. The van der Waals surface area contributed by atoms with Crippen molar-refractivity contribution in [3.63, 3.8) is 0 Å². The van der Waals surface area contributed by atoms with Gasteiger partial charge in [0.25, 0.3) is 5.89 Å². The number of hydrogen-bond donors (Lipinski definition) is 1. The molecule has 2 heterocycles. The molecule has 0 atom stereocenters. The molecule has 26 heavy (non-hydrogen) atoms. The van der Waals surface area contributed by atoms with E-state index in [2.05, 4.69) is 15.5 Å². The first-order chi connectivity index (χ1) is 12.5. The molecular weight excluding hydrogens is 332 g/mol. The van der Waals surface area contributed by atoms with Crippen molar-refractivity contribution >= 4 is 6.03 Å². The summed E-state index contributed by atoms with van der Waals surface area (Å²) in [6.07, 6.45) is 1.67. The summed E-state index contributed by atoms with van der Waals surface area (Å²) < 4.78 is 11.0. The monoisotopic (exact) mass is 358 g/mol. The predicted molar refractivity (Wildman–Crippen MR) is 97.0 cm³/mol. The summed E-state index contributed by atoms with van der Waals surface area (Å²) >= 11 is 0. The van der Waals surface area contributed by atoms with E-state index < -0.39 is 0 Å². The fourth-order valence-electron chi connectivity index (χ4n) is 2.95. The molecule has 0 spiro atoms. The summed E-state index contributed by atoms with van der Waals surface area (Å²) in [7, 11) is 0. The van der Waals surface area contributed by atoms with Crippen LogP contribution in [0.2, 0.25) is 0 Å². The van der Waals surface area contributed by atoms with Crippen molar-refractivity contribution in [1.29, 1.82) is 0 Å². The Balaban J connectivity index is 1.49. The highest BCUT2D eigenvalue weighted by molar-refractivity contribution is 5.74. The highest BCUT2D eigenvalue weighted by Crippen LogP contribution is 2.26. The molecule has 0 radical (unpaired) electrons. The Hall–Kier alpha value is -2.57. The lowest BCUT2D eigenvalue weighted by Crippen LogP contribution is -2.46. The van der Waals surface area contributed by atoms with Crippen LogP contribution >= 0.6 is 0 Å². The van der Waals surface area contributed by atoms with Crippen LogP contribution < -0.4 is 10.1 Å². The average molecular weight is 358 g/mol. The van der Waals surface area contributed by atoms with Crippen molar-refractivity contribution < 1.29 is 14.1 Å². The molecule has 1 aromatic carbocycles. The summed E-state index contributed by atoms with van der Waals surface area (Å²) in [6, 6.07) is 7.98. The number of urea groups is 1. The van der Waals surface area contributed by atoms with Gasteiger partial charge >= 0.3 is 6.03 Å². The largest absolute Gasteiger partial charge is 0.484 e. The van der Waals surface area contributed by atoms with Gasteiger partial charge in [-0.05, 0) is 45.7 Å². The van der Waals surface area contributed by atoms with Gasteiger partial charge in [0.1, 0.15) is 5.75 Å². The number of aryl methyl sites for hydroxylation is 1. The van der Waals surface area contributed by atoms with Crippen molar-refractivity contribution in [3.8, 4) is 5.75 Å². The van der Waals surface area contributed by atoms with Gasteiger partial charge < -0.3 is 19.5 Å². The molecule has 0 unspecified atom stereocenters. The molecule has 7 heteroatoms. The number of amides is 2. The van der Waals surface area contributed by atoms with Crippen LogP contribution in [0.15, 0.2) is 28.8 Å². The Morgan fingerprint density at radius 2 is 2.00 bits per heavy atom. The number of nitrogens with zero attached hydrogens (tertiary/aromatic N) is 3. The van der Waals surface area contributed by atoms with E-state index in [9.17, 15) is 4.79 Å². The van der Waals surface area contributed by atoms with Gasteiger partial charge in [-0.15, -0.1) is 0 Å². The number of nitrogens with one attached hydrogen (secondary N) is 1. The van der Waals surface area contributed by atoms with Crippen molar-refractivity contribution in [2.24, 2.45) is 0 Å². The molecule has 1 N–H and O–H groups in total. The number of carbonyl (C=O) groups excluding carboxylic acids is 1. The Bertz CT molecular complexity index is 719. The lowest BCUT2D eigenvalue weighted by Gasteiger charge is -2.31. The first-order valence-corrected chi connectivity index (χ1v) is 9.08. The van der Waals surface area contributed by atoms with Gasteiger partial charge in [0, 0.05) is 25.0 Å². The van der Waals surface area contributed by atoms with Crippen molar-refractivity contribution in [2.75, 3.05) is 13.1 Å². The van der Waals surface area contributed by atoms with E-state index in [0.29, 0.717) is 24.8 Å². The topological polar surface area (TPSA) is 80.5 Å². The number of carbonyl (C=O) groups is 1. The molecule has 140 valence electrons. The zero-order valence-corrected chi connectivity index (χ0v) is 15.6. The molecule has 1 aliphatic rings. The van der Waals surface area contributed by atoms with E-state index in [0.717, 1.165) is 18.6 Å². The minimum Gasteiger partial charge on any atom is -0.484 e. The molecule has 1 aliphatic heterocycles. The van der Waals surface area contributed by atoms with Crippen LogP contribution in [0.3, 0.4) is 0 Å².